The lowest BCUT2D eigenvalue weighted by Crippen LogP contribution is -2.42. The van der Waals surface area contributed by atoms with E-state index in [0.717, 1.165) is 22.8 Å². The average Bonchev–Trinajstić information content (AvgIpc) is 2.64. The fraction of sp³-hybridized carbons (Fsp3) is 0.350. The van der Waals surface area contributed by atoms with Gasteiger partial charge in [-0.2, -0.15) is 0 Å². The zero-order valence-corrected chi connectivity index (χ0v) is 16.7. The maximum absolute atomic E-state index is 12.6. The predicted octanol–water partition coefficient (Wildman–Crippen LogP) is 2.72. The topological polar surface area (TPSA) is 69.7 Å². The summed E-state index contributed by atoms with van der Waals surface area (Å²) in [4.78, 5) is 14.9. The molecule has 0 bridgehead atoms. The van der Waals surface area contributed by atoms with E-state index in [4.69, 9.17) is 0 Å². The summed E-state index contributed by atoms with van der Waals surface area (Å²) >= 11 is 0. The molecule has 2 aromatic carbocycles. The number of carbonyl (C=O) groups excluding carboxylic acids is 1. The Labute approximate surface area is 160 Å². The highest BCUT2D eigenvalue weighted by Crippen LogP contribution is 2.30. The molecule has 3 rings (SSSR count). The van der Waals surface area contributed by atoms with Crippen LogP contribution >= 0.6 is 0 Å². The first-order chi connectivity index (χ1) is 12.8. The zero-order valence-electron chi connectivity index (χ0n) is 15.8. The Morgan fingerprint density at radius 3 is 2.67 bits per heavy atom. The Morgan fingerprint density at radius 1 is 1.19 bits per heavy atom. The standard InChI is InChI=1S/C20H25N3O3S/c1-15-11-12-16-7-4-5-10-19(16)23(15)14-20(24)21-17-8-6-9-18(13-17)27(25,26)22(2)3/h4-10,13,15H,11-12,14H2,1-3H3,(H,21,24). The van der Waals surface area contributed by atoms with E-state index in [1.54, 1.807) is 12.1 Å². The highest BCUT2D eigenvalue weighted by Gasteiger charge is 2.24. The van der Waals surface area contributed by atoms with E-state index in [1.807, 2.05) is 18.2 Å². The number of hydrogen-bond acceptors (Lipinski definition) is 4. The van der Waals surface area contributed by atoms with Crippen LogP contribution < -0.4 is 10.2 Å². The molecule has 1 atom stereocenters. The van der Waals surface area contributed by atoms with Crippen molar-refractivity contribution in [3.05, 3.63) is 54.1 Å². The molecule has 2 aromatic rings. The van der Waals surface area contributed by atoms with Gasteiger partial charge in [-0.25, -0.2) is 12.7 Å². The molecule has 6 nitrogen and oxygen atoms in total. The van der Waals surface area contributed by atoms with Gasteiger partial charge in [-0.15, -0.1) is 0 Å². The van der Waals surface area contributed by atoms with Crippen molar-refractivity contribution in [1.82, 2.24) is 4.31 Å². The van der Waals surface area contributed by atoms with Crippen molar-refractivity contribution in [3.63, 3.8) is 0 Å². The number of fused-ring (bicyclic) bond motifs is 1. The van der Waals surface area contributed by atoms with Crippen molar-refractivity contribution in [2.75, 3.05) is 30.9 Å². The summed E-state index contributed by atoms with van der Waals surface area (Å²) in [5.74, 6) is -0.169. The van der Waals surface area contributed by atoms with Gasteiger partial charge in [-0.05, 0) is 49.6 Å². The Bertz CT molecular complexity index is 941. The summed E-state index contributed by atoms with van der Waals surface area (Å²) in [7, 11) is -0.576. The Balaban J connectivity index is 1.76. The van der Waals surface area contributed by atoms with Crippen molar-refractivity contribution in [1.29, 1.82) is 0 Å². The Hall–Kier alpha value is -2.38. The van der Waals surface area contributed by atoms with Gasteiger partial charge < -0.3 is 10.2 Å². The molecule has 1 N–H and O–H groups in total. The fourth-order valence-electron chi connectivity index (χ4n) is 3.30. The number of nitrogens with zero attached hydrogens (tertiary/aromatic N) is 2. The molecule has 0 fully saturated rings. The molecule has 0 aliphatic carbocycles. The second-order valence-electron chi connectivity index (χ2n) is 7.01. The normalized spacial score (nSPS) is 16.9. The van der Waals surface area contributed by atoms with Crippen LogP contribution in [0.5, 0.6) is 0 Å². The summed E-state index contributed by atoms with van der Waals surface area (Å²) in [6, 6.07) is 14.7. The van der Waals surface area contributed by atoms with E-state index >= 15 is 0 Å². The number of aryl methyl sites for hydroxylation is 1. The second kappa shape index (κ2) is 7.70. The SMILES string of the molecule is CC1CCc2ccccc2N1CC(=O)Nc1cccc(S(=O)(=O)N(C)C)c1. The molecule has 1 aliphatic heterocycles. The first kappa shape index (κ1) is 19.4. The van der Waals surface area contributed by atoms with Crippen molar-refractivity contribution in [3.8, 4) is 0 Å². The van der Waals surface area contributed by atoms with Crippen LogP contribution in [-0.2, 0) is 21.2 Å². The van der Waals surface area contributed by atoms with Crippen LogP contribution in [0.25, 0.3) is 0 Å². The van der Waals surface area contributed by atoms with E-state index in [-0.39, 0.29) is 23.4 Å². The maximum Gasteiger partial charge on any atom is 0.243 e. The smallest absolute Gasteiger partial charge is 0.243 e. The molecule has 1 unspecified atom stereocenters. The van der Waals surface area contributed by atoms with Gasteiger partial charge in [0.2, 0.25) is 15.9 Å². The molecule has 144 valence electrons. The molecular weight excluding hydrogens is 362 g/mol. The van der Waals surface area contributed by atoms with Gasteiger partial charge in [-0.1, -0.05) is 24.3 Å². The first-order valence-corrected chi connectivity index (χ1v) is 10.4. The van der Waals surface area contributed by atoms with Crippen molar-refractivity contribution in [2.45, 2.75) is 30.7 Å². The number of benzene rings is 2. The average molecular weight is 388 g/mol. The molecule has 1 aliphatic rings. The fourth-order valence-corrected chi connectivity index (χ4v) is 4.25. The first-order valence-electron chi connectivity index (χ1n) is 8.96. The van der Waals surface area contributed by atoms with Gasteiger partial charge in [0.15, 0.2) is 0 Å². The van der Waals surface area contributed by atoms with Crippen molar-refractivity contribution < 1.29 is 13.2 Å². The molecule has 1 amide bonds. The number of sulfonamides is 1. The summed E-state index contributed by atoms with van der Waals surface area (Å²) in [6.07, 6.45) is 2.01. The van der Waals surface area contributed by atoms with Crippen molar-refractivity contribution in [2.24, 2.45) is 0 Å². The summed E-state index contributed by atoms with van der Waals surface area (Å²) in [5.41, 5.74) is 2.82. The predicted molar refractivity (Wildman–Crippen MR) is 108 cm³/mol. The van der Waals surface area contributed by atoms with Crippen molar-refractivity contribution >= 4 is 27.3 Å². The number of nitrogens with one attached hydrogen (secondary N) is 1. The highest BCUT2D eigenvalue weighted by atomic mass is 32.2. The maximum atomic E-state index is 12.6. The molecule has 27 heavy (non-hydrogen) atoms. The number of rotatable bonds is 5. The minimum atomic E-state index is -3.54. The van der Waals surface area contributed by atoms with Gasteiger partial charge in [0.25, 0.3) is 0 Å². The van der Waals surface area contributed by atoms with Crippen LogP contribution in [0, 0.1) is 0 Å². The van der Waals surface area contributed by atoms with E-state index in [2.05, 4.69) is 23.2 Å². The summed E-state index contributed by atoms with van der Waals surface area (Å²) in [5, 5.41) is 2.83. The lowest BCUT2D eigenvalue weighted by Gasteiger charge is -2.36. The molecular formula is C20H25N3O3S. The number of hydrogen-bond donors (Lipinski definition) is 1. The lowest BCUT2D eigenvalue weighted by molar-refractivity contribution is -0.115. The Morgan fingerprint density at radius 2 is 1.93 bits per heavy atom. The minimum Gasteiger partial charge on any atom is -0.359 e. The molecule has 1 heterocycles. The minimum absolute atomic E-state index is 0.155. The van der Waals surface area contributed by atoms with Gasteiger partial charge in [0.1, 0.15) is 0 Å². The third-order valence-corrected chi connectivity index (χ3v) is 6.69. The Kier molecular flexibility index (Phi) is 5.53. The molecule has 0 spiro atoms. The second-order valence-corrected chi connectivity index (χ2v) is 9.16. The molecule has 0 saturated carbocycles. The molecule has 7 heteroatoms. The van der Waals surface area contributed by atoms with E-state index in [0.29, 0.717) is 5.69 Å². The zero-order chi connectivity index (χ0) is 19.6. The summed E-state index contributed by atoms with van der Waals surface area (Å²) in [6.45, 7) is 2.34. The summed E-state index contributed by atoms with van der Waals surface area (Å²) < 4.78 is 25.7. The molecule has 0 aromatic heterocycles. The molecule has 0 saturated heterocycles. The largest absolute Gasteiger partial charge is 0.359 e. The van der Waals surface area contributed by atoms with E-state index in [1.165, 1.54) is 31.8 Å². The number of carbonyl (C=O) groups is 1. The van der Waals surface area contributed by atoms with Gasteiger partial charge in [0, 0.05) is 31.5 Å². The number of para-hydroxylation sites is 1. The third kappa shape index (κ3) is 4.14. The van der Waals surface area contributed by atoms with Gasteiger partial charge in [-0.3, -0.25) is 4.79 Å². The van der Waals surface area contributed by atoms with Gasteiger partial charge >= 0.3 is 0 Å². The van der Waals surface area contributed by atoms with Gasteiger partial charge in [0.05, 0.1) is 11.4 Å². The lowest BCUT2D eigenvalue weighted by atomic mass is 9.96. The number of amides is 1. The highest BCUT2D eigenvalue weighted by molar-refractivity contribution is 7.89. The van der Waals surface area contributed by atoms with E-state index in [9.17, 15) is 13.2 Å². The molecule has 0 radical (unpaired) electrons. The third-order valence-electron chi connectivity index (χ3n) is 4.87. The quantitative estimate of drug-likeness (QED) is 0.856. The van der Waals surface area contributed by atoms with Crippen LogP contribution in [0.4, 0.5) is 11.4 Å². The number of anilines is 2. The van der Waals surface area contributed by atoms with Crippen LogP contribution in [0.3, 0.4) is 0 Å². The van der Waals surface area contributed by atoms with Crippen LogP contribution in [0.15, 0.2) is 53.4 Å². The van der Waals surface area contributed by atoms with Crippen LogP contribution in [-0.4, -0.2) is 45.3 Å². The van der Waals surface area contributed by atoms with E-state index < -0.39 is 10.0 Å². The monoisotopic (exact) mass is 387 g/mol. The van der Waals surface area contributed by atoms with Crippen LogP contribution in [0.2, 0.25) is 0 Å². The van der Waals surface area contributed by atoms with Crippen LogP contribution in [0.1, 0.15) is 18.9 Å².